The molecule has 0 atom stereocenters. The fourth-order valence-corrected chi connectivity index (χ4v) is 3.27. The van der Waals surface area contributed by atoms with Crippen molar-refractivity contribution in [2.24, 2.45) is 0 Å². The summed E-state index contributed by atoms with van der Waals surface area (Å²) >= 11 is 0. The van der Waals surface area contributed by atoms with Crippen molar-refractivity contribution >= 4 is 11.9 Å². The monoisotopic (exact) mass is 386 g/mol. The van der Waals surface area contributed by atoms with Gasteiger partial charge < -0.3 is 20.4 Å². The maximum absolute atomic E-state index is 13.4. The van der Waals surface area contributed by atoms with Crippen LogP contribution in [0.4, 0.5) is 10.3 Å². The molecule has 0 amide bonds. The van der Waals surface area contributed by atoms with Crippen molar-refractivity contribution in [3.63, 3.8) is 0 Å². The second-order valence-corrected chi connectivity index (χ2v) is 6.73. The highest BCUT2D eigenvalue weighted by molar-refractivity contribution is 5.95. The van der Waals surface area contributed by atoms with Crippen LogP contribution in [0.2, 0.25) is 0 Å². The van der Waals surface area contributed by atoms with Crippen molar-refractivity contribution < 1.29 is 14.0 Å². The number of carbonyl (C=O) groups excluding carboxylic acids is 1. The summed E-state index contributed by atoms with van der Waals surface area (Å²) in [7, 11) is 0. The van der Waals surface area contributed by atoms with Gasteiger partial charge in [0, 0.05) is 64.1 Å². The van der Waals surface area contributed by atoms with Gasteiger partial charge in [0.1, 0.15) is 11.4 Å². The molecule has 148 valence electrons. The third kappa shape index (κ3) is 4.27. The van der Waals surface area contributed by atoms with E-state index in [1.807, 2.05) is 0 Å². The molecule has 0 spiro atoms. The molecule has 2 aromatic rings. The Hall–Kier alpha value is -2.62. The number of hydroxylamine groups is 2. The summed E-state index contributed by atoms with van der Waals surface area (Å²) in [5.41, 5.74) is 1.36. The summed E-state index contributed by atoms with van der Waals surface area (Å²) in [6.45, 7) is 6.03. The van der Waals surface area contributed by atoms with Gasteiger partial charge in [-0.1, -0.05) is 0 Å². The minimum atomic E-state index is -0.506. The highest BCUT2D eigenvalue weighted by Gasteiger charge is 2.23. The average molecular weight is 386 g/mol. The number of carbonyl (C=O) groups is 1. The number of nitrogens with one attached hydrogen (secondary N) is 2. The van der Waals surface area contributed by atoms with E-state index in [2.05, 4.69) is 25.5 Å². The lowest BCUT2D eigenvalue weighted by Crippen LogP contribution is -2.44. The molecule has 1 aromatic heterocycles. The first-order chi connectivity index (χ1) is 13.7. The summed E-state index contributed by atoms with van der Waals surface area (Å²) in [4.78, 5) is 29.4. The average Bonchev–Trinajstić information content (AvgIpc) is 2.75. The maximum atomic E-state index is 13.4. The zero-order chi connectivity index (χ0) is 19.3. The van der Waals surface area contributed by atoms with Crippen LogP contribution in [0.25, 0.3) is 11.3 Å². The van der Waals surface area contributed by atoms with Crippen molar-refractivity contribution in [3.05, 3.63) is 41.8 Å². The molecule has 0 radical (unpaired) electrons. The van der Waals surface area contributed by atoms with Crippen LogP contribution >= 0.6 is 0 Å². The van der Waals surface area contributed by atoms with Gasteiger partial charge in [-0.05, 0) is 24.3 Å². The molecule has 2 aliphatic heterocycles. The van der Waals surface area contributed by atoms with Crippen LogP contribution in [0.5, 0.6) is 0 Å². The number of anilines is 1. The minimum absolute atomic E-state index is 0.268. The van der Waals surface area contributed by atoms with Gasteiger partial charge in [0.25, 0.3) is 0 Å². The van der Waals surface area contributed by atoms with E-state index in [9.17, 15) is 9.18 Å². The van der Waals surface area contributed by atoms with E-state index in [0.717, 1.165) is 39.3 Å². The molecule has 1 aromatic carbocycles. The number of halogens is 1. The molecule has 28 heavy (non-hydrogen) atoms. The standard InChI is InChI=1S/C19H23FN6O2/c20-15-3-1-14(2-4-15)17-16(18(27)28-26-11-7-22-8-12-26)13-23-19(24-17)25-9-5-21-6-10-25/h1-4,13,21-22H,5-12H2. The number of benzene rings is 1. The molecule has 3 heterocycles. The van der Waals surface area contributed by atoms with E-state index in [-0.39, 0.29) is 11.4 Å². The largest absolute Gasteiger partial charge is 0.364 e. The maximum Gasteiger partial charge on any atom is 0.360 e. The second-order valence-electron chi connectivity index (χ2n) is 6.73. The topological polar surface area (TPSA) is 82.6 Å². The van der Waals surface area contributed by atoms with Crippen LogP contribution in [0, 0.1) is 5.82 Å². The molecule has 2 aliphatic rings. The third-order valence-electron chi connectivity index (χ3n) is 4.80. The van der Waals surface area contributed by atoms with Gasteiger partial charge in [-0.25, -0.2) is 19.2 Å². The highest BCUT2D eigenvalue weighted by atomic mass is 19.1. The Labute approximate surface area is 162 Å². The van der Waals surface area contributed by atoms with Crippen LogP contribution in [0.3, 0.4) is 0 Å². The SMILES string of the molecule is O=C(ON1CCNCC1)c1cnc(N2CCNCC2)nc1-c1ccc(F)cc1. The summed E-state index contributed by atoms with van der Waals surface area (Å²) in [5, 5.41) is 8.14. The lowest BCUT2D eigenvalue weighted by atomic mass is 10.1. The van der Waals surface area contributed by atoms with Gasteiger partial charge in [0.2, 0.25) is 5.95 Å². The van der Waals surface area contributed by atoms with Gasteiger partial charge in [-0.2, -0.15) is 0 Å². The van der Waals surface area contributed by atoms with E-state index in [1.54, 1.807) is 17.2 Å². The summed E-state index contributed by atoms with van der Waals surface area (Å²) in [6, 6.07) is 5.93. The first kappa shape index (κ1) is 18.7. The molecular formula is C19H23FN6O2. The number of piperazine rings is 2. The number of nitrogens with zero attached hydrogens (tertiary/aromatic N) is 4. The molecule has 2 saturated heterocycles. The van der Waals surface area contributed by atoms with E-state index in [0.29, 0.717) is 30.3 Å². The minimum Gasteiger partial charge on any atom is -0.364 e. The molecule has 2 N–H and O–H groups in total. The molecule has 9 heteroatoms. The lowest BCUT2D eigenvalue weighted by molar-refractivity contribution is -0.115. The van der Waals surface area contributed by atoms with Gasteiger partial charge >= 0.3 is 5.97 Å². The van der Waals surface area contributed by atoms with Crippen molar-refractivity contribution in [3.8, 4) is 11.3 Å². The van der Waals surface area contributed by atoms with Crippen LogP contribution < -0.4 is 15.5 Å². The van der Waals surface area contributed by atoms with Gasteiger partial charge in [0.15, 0.2) is 0 Å². The molecule has 0 unspecified atom stereocenters. The number of rotatable bonds is 4. The first-order valence-electron chi connectivity index (χ1n) is 9.47. The first-order valence-corrected chi connectivity index (χ1v) is 9.47. The van der Waals surface area contributed by atoms with Crippen molar-refractivity contribution in [1.82, 2.24) is 25.7 Å². The van der Waals surface area contributed by atoms with Crippen LogP contribution in [0.15, 0.2) is 30.5 Å². The number of aromatic nitrogens is 2. The van der Waals surface area contributed by atoms with Crippen molar-refractivity contribution in [2.75, 3.05) is 57.3 Å². The molecule has 0 aliphatic carbocycles. The predicted octanol–water partition coefficient (Wildman–Crippen LogP) is 0.669. The van der Waals surface area contributed by atoms with Gasteiger partial charge in [-0.15, -0.1) is 5.06 Å². The number of hydrogen-bond acceptors (Lipinski definition) is 8. The molecule has 2 fully saturated rings. The van der Waals surface area contributed by atoms with E-state index in [1.165, 1.54) is 18.3 Å². The molecule has 4 rings (SSSR count). The van der Waals surface area contributed by atoms with Gasteiger partial charge in [0.05, 0.1) is 5.69 Å². The Kier molecular flexibility index (Phi) is 5.75. The quantitative estimate of drug-likeness (QED) is 0.794. The van der Waals surface area contributed by atoms with Crippen LogP contribution in [-0.2, 0) is 4.84 Å². The zero-order valence-corrected chi connectivity index (χ0v) is 15.5. The fraction of sp³-hybridized carbons (Fsp3) is 0.421. The summed E-state index contributed by atoms with van der Waals surface area (Å²) in [6.07, 6.45) is 1.51. The molecule has 8 nitrogen and oxygen atoms in total. The van der Waals surface area contributed by atoms with Gasteiger partial charge in [-0.3, -0.25) is 0 Å². The highest BCUT2D eigenvalue weighted by Crippen LogP contribution is 2.25. The van der Waals surface area contributed by atoms with Crippen molar-refractivity contribution in [1.29, 1.82) is 0 Å². The Morgan fingerprint density at radius 2 is 1.64 bits per heavy atom. The van der Waals surface area contributed by atoms with E-state index in [4.69, 9.17) is 4.84 Å². The Morgan fingerprint density at radius 3 is 2.32 bits per heavy atom. The molecule has 0 saturated carbocycles. The van der Waals surface area contributed by atoms with E-state index >= 15 is 0 Å². The summed E-state index contributed by atoms with van der Waals surface area (Å²) in [5.74, 6) is -0.294. The second kappa shape index (κ2) is 8.59. The van der Waals surface area contributed by atoms with Crippen LogP contribution in [0.1, 0.15) is 10.4 Å². The Morgan fingerprint density at radius 1 is 1.00 bits per heavy atom. The molecule has 0 bridgehead atoms. The van der Waals surface area contributed by atoms with E-state index < -0.39 is 5.97 Å². The predicted molar refractivity (Wildman–Crippen MR) is 102 cm³/mol. The normalized spacial score (nSPS) is 18.1. The van der Waals surface area contributed by atoms with Crippen LogP contribution in [-0.4, -0.2) is 73.4 Å². The zero-order valence-electron chi connectivity index (χ0n) is 15.5. The fourth-order valence-electron chi connectivity index (χ4n) is 3.27. The number of hydrogen-bond donors (Lipinski definition) is 2. The smallest absolute Gasteiger partial charge is 0.360 e. The van der Waals surface area contributed by atoms with Crippen molar-refractivity contribution in [2.45, 2.75) is 0 Å². The third-order valence-corrected chi connectivity index (χ3v) is 4.80. The Balaban J connectivity index is 1.65. The Bertz CT molecular complexity index is 820. The summed E-state index contributed by atoms with van der Waals surface area (Å²) < 4.78 is 13.4. The molecular weight excluding hydrogens is 363 g/mol. The lowest BCUT2D eigenvalue weighted by Gasteiger charge is -2.28.